The Bertz CT molecular complexity index is 494. The second-order valence-electron chi connectivity index (χ2n) is 3.97. The Labute approximate surface area is 94.7 Å². The van der Waals surface area contributed by atoms with Crippen LogP contribution in [-0.2, 0) is 0 Å². The molecule has 0 aliphatic rings. The molecular weight excluding hydrogens is 202 g/mol. The Balaban J connectivity index is 2.28. The van der Waals surface area contributed by atoms with Gasteiger partial charge in [0.05, 0.1) is 11.6 Å². The molecule has 1 N–H and O–H groups in total. The van der Waals surface area contributed by atoms with Crippen LogP contribution in [0.5, 0.6) is 5.75 Å². The van der Waals surface area contributed by atoms with Crippen molar-refractivity contribution in [1.29, 1.82) is 0 Å². The highest BCUT2D eigenvalue weighted by Crippen LogP contribution is 2.19. The van der Waals surface area contributed by atoms with Crippen LogP contribution >= 0.6 is 0 Å². The third-order valence-electron chi connectivity index (χ3n) is 2.29. The summed E-state index contributed by atoms with van der Waals surface area (Å²) in [6, 6.07) is 9.78. The third-order valence-corrected chi connectivity index (χ3v) is 2.29. The molecule has 0 amide bonds. The Kier molecular flexibility index (Phi) is 3.06. The van der Waals surface area contributed by atoms with Crippen LogP contribution in [-0.4, -0.2) is 22.8 Å². The summed E-state index contributed by atoms with van der Waals surface area (Å²) in [6.07, 6.45) is -0.457. The molecule has 84 valence electrons. The number of aliphatic hydroxyl groups excluding tert-OH is 1. The molecule has 16 heavy (non-hydrogen) atoms. The Morgan fingerprint density at radius 2 is 2.06 bits per heavy atom. The van der Waals surface area contributed by atoms with E-state index in [2.05, 4.69) is 4.98 Å². The first-order chi connectivity index (χ1) is 7.65. The summed E-state index contributed by atoms with van der Waals surface area (Å²) in [4.78, 5) is 4.42. The fourth-order valence-corrected chi connectivity index (χ4v) is 1.51. The van der Waals surface area contributed by atoms with Crippen molar-refractivity contribution in [2.45, 2.75) is 20.0 Å². The van der Waals surface area contributed by atoms with Gasteiger partial charge in [-0.2, -0.15) is 0 Å². The van der Waals surface area contributed by atoms with E-state index in [1.807, 2.05) is 37.3 Å². The fourth-order valence-electron chi connectivity index (χ4n) is 1.51. The summed E-state index contributed by atoms with van der Waals surface area (Å²) >= 11 is 0. The van der Waals surface area contributed by atoms with Crippen molar-refractivity contribution in [3.05, 3.63) is 36.0 Å². The van der Waals surface area contributed by atoms with Gasteiger partial charge in [0.1, 0.15) is 12.4 Å². The number of nitrogens with zero attached hydrogens (tertiary/aromatic N) is 1. The molecule has 3 heteroatoms. The molecule has 0 spiro atoms. The minimum absolute atomic E-state index is 0.303. The van der Waals surface area contributed by atoms with E-state index in [9.17, 15) is 0 Å². The molecule has 0 saturated carbocycles. The molecule has 3 nitrogen and oxygen atoms in total. The first kappa shape index (κ1) is 10.9. The topological polar surface area (TPSA) is 42.4 Å². The Hall–Kier alpha value is -1.61. The van der Waals surface area contributed by atoms with Crippen LogP contribution < -0.4 is 4.74 Å². The van der Waals surface area contributed by atoms with Crippen LogP contribution in [0, 0.1) is 6.92 Å². The van der Waals surface area contributed by atoms with Crippen LogP contribution in [0.4, 0.5) is 0 Å². The number of ether oxygens (including phenoxy) is 1. The zero-order valence-corrected chi connectivity index (χ0v) is 9.47. The molecule has 0 fully saturated rings. The van der Waals surface area contributed by atoms with Gasteiger partial charge < -0.3 is 9.84 Å². The molecule has 2 aromatic rings. The average molecular weight is 217 g/mol. The van der Waals surface area contributed by atoms with Crippen molar-refractivity contribution in [3.8, 4) is 5.75 Å². The molecule has 0 radical (unpaired) electrons. The molecule has 0 saturated heterocycles. The van der Waals surface area contributed by atoms with Crippen LogP contribution in [0.25, 0.3) is 10.9 Å². The smallest absolute Gasteiger partial charge is 0.121 e. The molecule has 1 atom stereocenters. The Morgan fingerprint density at radius 1 is 1.31 bits per heavy atom. The van der Waals surface area contributed by atoms with Gasteiger partial charge in [-0.1, -0.05) is 6.07 Å². The van der Waals surface area contributed by atoms with Crippen LogP contribution in [0.15, 0.2) is 30.3 Å². The number of hydrogen-bond donors (Lipinski definition) is 1. The van der Waals surface area contributed by atoms with Gasteiger partial charge in [0.15, 0.2) is 0 Å². The van der Waals surface area contributed by atoms with E-state index in [1.54, 1.807) is 6.92 Å². The van der Waals surface area contributed by atoms with E-state index >= 15 is 0 Å². The van der Waals surface area contributed by atoms with Gasteiger partial charge in [-0.3, -0.25) is 4.98 Å². The SMILES string of the molecule is Cc1ccc2ccc(OCC(C)O)cc2n1. The molecule has 1 unspecified atom stereocenters. The first-order valence-corrected chi connectivity index (χ1v) is 5.33. The molecule has 2 rings (SSSR count). The van der Waals surface area contributed by atoms with Crippen LogP contribution in [0.2, 0.25) is 0 Å². The average Bonchev–Trinajstić information content (AvgIpc) is 2.25. The monoisotopic (exact) mass is 217 g/mol. The number of aliphatic hydroxyl groups is 1. The van der Waals surface area contributed by atoms with Gasteiger partial charge in [0, 0.05) is 17.1 Å². The zero-order valence-electron chi connectivity index (χ0n) is 9.47. The zero-order chi connectivity index (χ0) is 11.5. The minimum atomic E-state index is -0.457. The maximum Gasteiger partial charge on any atom is 0.121 e. The summed E-state index contributed by atoms with van der Waals surface area (Å²) in [5.41, 5.74) is 1.91. The molecule has 1 aromatic heterocycles. The number of rotatable bonds is 3. The van der Waals surface area contributed by atoms with Gasteiger partial charge in [0.2, 0.25) is 0 Å². The van der Waals surface area contributed by atoms with Gasteiger partial charge in [-0.05, 0) is 32.0 Å². The minimum Gasteiger partial charge on any atom is -0.491 e. The van der Waals surface area contributed by atoms with Gasteiger partial charge >= 0.3 is 0 Å². The maximum atomic E-state index is 9.13. The molecule has 0 aliphatic carbocycles. The predicted molar refractivity (Wildman–Crippen MR) is 63.7 cm³/mol. The lowest BCUT2D eigenvalue weighted by atomic mass is 10.2. The predicted octanol–water partition coefficient (Wildman–Crippen LogP) is 2.30. The summed E-state index contributed by atoms with van der Waals surface area (Å²) in [6.45, 7) is 3.96. The van der Waals surface area contributed by atoms with Crippen molar-refractivity contribution < 1.29 is 9.84 Å². The van der Waals surface area contributed by atoms with E-state index in [0.717, 1.165) is 22.3 Å². The number of benzene rings is 1. The highest BCUT2D eigenvalue weighted by molar-refractivity contribution is 5.80. The summed E-state index contributed by atoms with van der Waals surface area (Å²) < 4.78 is 5.43. The second-order valence-corrected chi connectivity index (χ2v) is 3.97. The van der Waals surface area contributed by atoms with Crippen molar-refractivity contribution in [1.82, 2.24) is 4.98 Å². The van der Waals surface area contributed by atoms with Crippen molar-refractivity contribution in [2.75, 3.05) is 6.61 Å². The van der Waals surface area contributed by atoms with E-state index in [0.29, 0.717) is 6.61 Å². The van der Waals surface area contributed by atoms with E-state index < -0.39 is 6.10 Å². The Morgan fingerprint density at radius 3 is 2.81 bits per heavy atom. The standard InChI is InChI=1S/C13H15NO2/c1-9-3-4-11-5-6-12(7-13(11)14-9)16-8-10(2)15/h3-7,10,15H,8H2,1-2H3. The molecule has 1 aromatic carbocycles. The van der Waals surface area contributed by atoms with Gasteiger partial charge in [-0.25, -0.2) is 0 Å². The van der Waals surface area contributed by atoms with Crippen molar-refractivity contribution in [2.24, 2.45) is 0 Å². The quantitative estimate of drug-likeness (QED) is 0.857. The van der Waals surface area contributed by atoms with Crippen LogP contribution in [0.1, 0.15) is 12.6 Å². The lowest BCUT2D eigenvalue weighted by Crippen LogP contribution is -2.12. The van der Waals surface area contributed by atoms with E-state index in [1.165, 1.54) is 0 Å². The van der Waals surface area contributed by atoms with Crippen LogP contribution in [0.3, 0.4) is 0 Å². The van der Waals surface area contributed by atoms with Gasteiger partial charge in [-0.15, -0.1) is 0 Å². The highest BCUT2D eigenvalue weighted by atomic mass is 16.5. The van der Waals surface area contributed by atoms with E-state index in [4.69, 9.17) is 9.84 Å². The summed E-state index contributed by atoms with van der Waals surface area (Å²) in [7, 11) is 0. The number of aromatic nitrogens is 1. The third kappa shape index (κ3) is 2.49. The molecular formula is C13H15NO2. The fraction of sp³-hybridized carbons (Fsp3) is 0.308. The number of aryl methyl sites for hydroxylation is 1. The summed E-state index contributed by atoms with van der Waals surface area (Å²) in [5, 5.41) is 10.2. The van der Waals surface area contributed by atoms with Gasteiger partial charge in [0.25, 0.3) is 0 Å². The largest absolute Gasteiger partial charge is 0.491 e. The lowest BCUT2D eigenvalue weighted by molar-refractivity contribution is 0.123. The number of pyridine rings is 1. The molecule has 0 aliphatic heterocycles. The normalized spacial score (nSPS) is 12.7. The van der Waals surface area contributed by atoms with Crippen molar-refractivity contribution in [3.63, 3.8) is 0 Å². The second kappa shape index (κ2) is 4.49. The van der Waals surface area contributed by atoms with E-state index in [-0.39, 0.29) is 0 Å². The number of fused-ring (bicyclic) bond motifs is 1. The maximum absolute atomic E-state index is 9.13. The molecule has 0 bridgehead atoms. The van der Waals surface area contributed by atoms with Crippen molar-refractivity contribution >= 4 is 10.9 Å². The molecule has 1 heterocycles. The summed E-state index contributed by atoms with van der Waals surface area (Å²) in [5.74, 6) is 0.742. The highest BCUT2D eigenvalue weighted by Gasteiger charge is 2.01. The first-order valence-electron chi connectivity index (χ1n) is 5.33. The lowest BCUT2D eigenvalue weighted by Gasteiger charge is -2.08. The number of hydrogen-bond acceptors (Lipinski definition) is 3.